The fraction of sp³-hybridized carbons (Fsp3) is 0.259. The van der Waals surface area contributed by atoms with E-state index >= 15 is 0 Å². The number of nitrogens with one attached hydrogen (secondary N) is 2. The van der Waals surface area contributed by atoms with Gasteiger partial charge in [-0.2, -0.15) is 0 Å². The lowest BCUT2D eigenvalue weighted by molar-refractivity contribution is 0.0956. The maximum Gasteiger partial charge on any atom is 0.280 e. The lowest BCUT2D eigenvalue weighted by Gasteiger charge is -2.08. The molecule has 0 saturated carbocycles. The van der Waals surface area contributed by atoms with Crippen molar-refractivity contribution in [1.29, 1.82) is 0 Å². The molecule has 0 spiro atoms. The average Bonchev–Trinajstić information content (AvgIpc) is 3.06. The second-order valence-corrected chi connectivity index (χ2v) is 8.85. The Bertz CT molecular complexity index is 1610. The van der Waals surface area contributed by atoms with E-state index in [4.69, 9.17) is 0 Å². The van der Waals surface area contributed by atoms with Crippen LogP contribution < -0.4 is 16.2 Å². The normalized spacial score (nSPS) is 10.9. The molecule has 8 nitrogen and oxygen atoms in total. The zero-order valence-electron chi connectivity index (χ0n) is 20.9. The first-order valence-corrected chi connectivity index (χ1v) is 11.6. The van der Waals surface area contributed by atoms with E-state index in [1.807, 2.05) is 32.0 Å². The first-order valence-electron chi connectivity index (χ1n) is 11.6. The summed E-state index contributed by atoms with van der Waals surface area (Å²) >= 11 is 0. The Balaban J connectivity index is 1.44. The smallest absolute Gasteiger partial charge is 0.280 e. The van der Waals surface area contributed by atoms with Crippen LogP contribution in [0, 0.1) is 30.4 Å². The highest BCUT2D eigenvalue weighted by Gasteiger charge is 2.21. The number of fused-ring (bicyclic) bond motifs is 1. The molecule has 0 aliphatic carbocycles. The van der Waals surface area contributed by atoms with Crippen molar-refractivity contribution in [2.24, 2.45) is 7.05 Å². The molecule has 190 valence electrons. The number of amides is 1. The van der Waals surface area contributed by atoms with Crippen LogP contribution in [0.2, 0.25) is 0 Å². The fourth-order valence-corrected chi connectivity index (χ4v) is 3.81. The Morgan fingerprint density at radius 1 is 1.14 bits per heavy atom. The van der Waals surface area contributed by atoms with Crippen molar-refractivity contribution in [1.82, 2.24) is 24.6 Å². The molecule has 0 atom stereocenters. The molecule has 2 aromatic heterocycles. The third-order valence-electron chi connectivity index (χ3n) is 5.77. The Kier molecular flexibility index (Phi) is 7.34. The summed E-state index contributed by atoms with van der Waals surface area (Å²) in [6.07, 6.45) is 1.73. The number of hydrogen-bond acceptors (Lipinski definition) is 5. The van der Waals surface area contributed by atoms with E-state index in [9.17, 15) is 18.4 Å². The molecular weight excluding hydrogens is 478 g/mol. The maximum atomic E-state index is 13.6. The van der Waals surface area contributed by atoms with Crippen molar-refractivity contribution in [3.63, 3.8) is 0 Å². The van der Waals surface area contributed by atoms with Crippen LogP contribution in [0.1, 0.15) is 41.0 Å². The number of benzene rings is 2. The zero-order valence-corrected chi connectivity index (χ0v) is 20.9. The highest BCUT2D eigenvalue weighted by Crippen LogP contribution is 2.15. The van der Waals surface area contributed by atoms with E-state index in [2.05, 4.69) is 32.4 Å². The molecule has 4 aromatic rings. The van der Waals surface area contributed by atoms with Gasteiger partial charge < -0.3 is 10.6 Å². The molecule has 0 unspecified atom stereocenters. The van der Waals surface area contributed by atoms with Crippen LogP contribution in [0.3, 0.4) is 0 Å². The summed E-state index contributed by atoms with van der Waals surface area (Å²) in [5.41, 5.74) is 1.80. The largest absolute Gasteiger partial charge is 0.352 e. The molecule has 0 saturated heterocycles. The molecule has 37 heavy (non-hydrogen) atoms. The Morgan fingerprint density at radius 2 is 1.92 bits per heavy atom. The maximum absolute atomic E-state index is 13.6. The van der Waals surface area contributed by atoms with Gasteiger partial charge in [0.15, 0.2) is 11.6 Å². The number of hydrogen-bond donors (Lipinski definition) is 2. The van der Waals surface area contributed by atoms with Crippen molar-refractivity contribution in [2.75, 3.05) is 11.9 Å². The lowest BCUT2D eigenvalue weighted by atomic mass is 10.1. The second-order valence-electron chi connectivity index (χ2n) is 8.85. The first kappa shape index (κ1) is 25.6. The van der Waals surface area contributed by atoms with Crippen LogP contribution in [0.4, 0.5) is 14.7 Å². The van der Waals surface area contributed by atoms with Gasteiger partial charge in [-0.25, -0.2) is 23.4 Å². The number of aromatic nitrogens is 4. The molecule has 0 radical (unpaired) electrons. The summed E-state index contributed by atoms with van der Waals surface area (Å²) in [6, 6.07) is 9.20. The number of nitrogens with zero attached hydrogens (tertiary/aromatic N) is 4. The van der Waals surface area contributed by atoms with Gasteiger partial charge in [0.05, 0.1) is 18.6 Å². The van der Waals surface area contributed by atoms with E-state index in [0.717, 1.165) is 28.6 Å². The SMILES string of the molecule is Cc1c(C(=O)NCC#Cc2ccc3nc(NC(C)C)ncc3c2)c(=O)n(Cc2ccc(F)c(F)c2)n1C. The number of carbonyl (C=O) groups excluding carboxylic acids is 1. The number of anilines is 1. The average molecular weight is 505 g/mol. The van der Waals surface area contributed by atoms with Crippen molar-refractivity contribution >= 4 is 22.8 Å². The lowest BCUT2D eigenvalue weighted by Crippen LogP contribution is -2.31. The summed E-state index contributed by atoms with van der Waals surface area (Å²) in [5, 5.41) is 6.65. The van der Waals surface area contributed by atoms with Gasteiger partial charge in [0.2, 0.25) is 5.95 Å². The Labute approximate surface area is 212 Å². The molecule has 2 heterocycles. The van der Waals surface area contributed by atoms with Gasteiger partial charge in [0.25, 0.3) is 11.5 Å². The second kappa shape index (κ2) is 10.6. The summed E-state index contributed by atoms with van der Waals surface area (Å²) < 4.78 is 29.6. The van der Waals surface area contributed by atoms with E-state index in [1.165, 1.54) is 15.4 Å². The molecule has 2 aromatic carbocycles. The van der Waals surface area contributed by atoms with Crippen LogP contribution >= 0.6 is 0 Å². The molecule has 2 N–H and O–H groups in total. The van der Waals surface area contributed by atoms with E-state index in [0.29, 0.717) is 17.2 Å². The molecule has 4 rings (SSSR count). The van der Waals surface area contributed by atoms with Crippen molar-refractivity contribution < 1.29 is 13.6 Å². The van der Waals surface area contributed by atoms with Crippen molar-refractivity contribution in [3.05, 3.63) is 87.0 Å². The minimum Gasteiger partial charge on any atom is -0.352 e. The summed E-state index contributed by atoms with van der Waals surface area (Å²) in [6.45, 7) is 5.68. The quantitative estimate of drug-likeness (QED) is 0.393. The summed E-state index contributed by atoms with van der Waals surface area (Å²) in [7, 11) is 1.62. The van der Waals surface area contributed by atoms with Gasteiger partial charge in [-0.05, 0) is 56.7 Å². The van der Waals surface area contributed by atoms with Gasteiger partial charge in [-0.3, -0.25) is 14.3 Å². The van der Waals surface area contributed by atoms with Gasteiger partial charge in [-0.15, -0.1) is 0 Å². The third kappa shape index (κ3) is 5.67. The minimum atomic E-state index is -1.00. The van der Waals surface area contributed by atoms with Crippen molar-refractivity contribution in [2.45, 2.75) is 33.4 Å². The highest BCUT2D eigenvalue weighted by atomic mass is 19.2. The van der Waals surface area contributed by atoms with Crippen LogP contribution in [-0.2, 0) is 13.6 Å². The van der Waals surface area contributed by atoms with E-state index in [1.54, 1.807) is 20.2 Å². The van der Waals surface area contributed by atoms with Gasteiger partial charge in [-0.1, -0.05) is 17.9 Å². The molecule has 0 aliphatic rings. The highest BCUT2D eigenvalue weighted by molar-refractivity contribution is 5.95. The van der Waals surface area contributed by atoms with E-state index < -0.39 is 23.1 Å². The minimum absolute atomic E-state index is 0.0127. The summed E-state index contributed by atoms with van der Waals surface area (Å²) in [4.78, 5) is 34.5. The topological polar surface area (TPSA) is 93.8 Å². The van der Waals surface area contributed by atoms with E-state index in [-0.39, 0.29) is 24.7 Å². The molecule has 1 amide bonds. The first-order chi connectivity index (χ1) is 17.6. The third-order valence-corrected chi connectivity index (χ3v) is 5.77. The predicted octanol–water partition coefficient (Wildman–Crippen LogP) is 3.37. The molecule has 0 bridgehead atoms. The Hall–Kier alpha value is -4.52. The zero-order chi connectivity index (χ0) is 26.7. The van der Waals surface area contributed by atoms with Crippen LogP contribution in [0.5, 0.6) is 0 Å². The van der Waals surface area contributed by atoms with Crippen LogP contribution in [-0.4, -0.2) is 37.8 Å². The number of rotatable bonds is 6. The van der Waals surface area contributed by atoms with Crippen molar-refractivity contribution in [3.8, 4) is 11.8 Å². The van der Waals surface area contributed by atoms with Crippen LogP contribution in [0.25, 0.3) is 10.9 Å². The summed E-state index contributed by atoms with van der Waals surface area (Å²) in [5.74, 6) is 3.91. The molecule has 10 heteroatoms. The Morgan fingerprint density at radius 3 is 2.65 bits per heavy atom. The standard InChI is InChI=1S/C27H26F2N6O2/c1-16(2)32-27-31-14-20-12-18(8-10-23(20)33-27)6-5-11-30-25(36)24-17(3)34(4)35(26(24)37)15-19-7-9-21(28)22(29)13-19/h7-10,12-14,16H,11,15H2,1-4H3,(H,30,36)(H,31,32,33). The monoisotopic (exact) mass is 504 g/mol. The molecule has 0 aliphatic heterocycles. The van der Waals surface area contributed by atoms with Crippen LogP contribution in [0.15, 0.2) is 47.4 Å². The predicted molar refractivity (Wildman–Crippen MR) is 137 cm³/mol. The molecular formula is C27H26F2N6O2. The van der Waals surface area contributed by atoms with Gasteiger partial charge >= 0.3 is 0 Å². The van der Waals surface area contributed by atoms with Gasteiger partial charge in [0, 0.05) is 35.9 Å². The number of carbonyl (C=O) groups is 1. The van der Waals surface area contributed by atoms with Gasteiger partial charge in [0.1, 0.15) is 5.56 Å². The number of halogens is 2. The molecule has 0 fully saturated rings. The fourth-order valence-electron chi connectivity index (χ4n) is 3.81.